The van der Waals surface area contributed by atoms with Crippen molar-refractivity contribution in [3.8, 4) is 22.8 Å². The van der Waals surface area contributed by atoms with Crippen LogP contribution in [0.1, 0.15) is 0 Å². The molecule has 0 aromatic carbocycles. The van der Waals surface area contributed by atoms with Crippen LogP contribution >= 0.6 is 0 Å². The molecular formula is C20H16Cl2CuN4O8. The Bertz CT molecular complexity index is 873. The minimum Gasteiger partial charge on any atom is -0.255 e. The molecule has 0 bridgehead atoms. The molecule has 0 unspecified atom stereocenters. The first-order chi connectivity index (χ1) is 15.9. The number of hydrogen-bond donors (Lipinski definition) is 0. The number of halogens is 2. The molecule has 0 saturated heterocycles. The maximum absolute atomic E-state index is 8.49. The molecule has 0 atom stereocenters. The number of hydrogen-bond acceptors (Lipinski definition) is 12. The van der Waals surface area contributed by atoms with Gasteiger partial charge in [0.05, 0.1) is 22.8 Å². The Labute approximate surface area is 214 Å². The minimum absolute atomic E-state index is 0. The summed E-state index contributed by atoms with van der Waals surface area (Å²) in [6, 6.07) is 23.2. The third-order valence-electron chi connectivity index (χ3n) is 3.18. The summed E-state index contributed by atoms with van der Waals surface area (Å²) in [6.07, 6.45) is 7.07. The van der Waals surface area contributed by atoms with Crippen LogP contribution in [0.4, 0.5) is 0 Å². The van der Waals surface area contributed by atoms with Gasteiger partial charge in [0.1, 0.15) is 0 Å². The van der Waals surface area contributed by atoms with Gasteiger partial charge in [0.25, 0.3) is 0 Å². The van der Waals surface area contributed by atoms with Crippen molar-refractivity contribution < 1.29 is 74.8 Å². The van der Waals surface area contributed by atoms with Gasteiger partial charge in [-0.1, -0.05) is 24.3 Å². The Morgan fingerprint density at radius 3 is 0.657 bits per heavy atom. The molecule has 0 aliphatic carbocycles. The van der Waals surface area contributed by atoms with E-state index in [9.17, 15) is 0 Å². The maximum atomic E-state index is 8.49. The molecule has 0 fully saturated rings. The smallest absolute Gasteiger partial charge is 0.255 e. The Balaban J connectivity index is 0.000000475. The minimum atomic E-state index is -4.94. The van der Waals surface area contributed by atoms with Crippen LogP contribution < -0.4 is 37.3 Å². The molecule has 0 saturated carbocycles. The molecule has 4 rings (SSSR count). The van der Waals surface area contributed by atoms with Crippen molar-refractivity contribution in [3.63, 3.8) is 0 Å². The third-order valence-corrected chi connectivity index (χ3v) is 3.18. The van der Waals surface area contributed by atoms with Crippen molar-refractivity contribution in [1.29, 1.82) is 0 Å². The summed E-state index contributed by atoms with van der Waals surface area (Å²) in [5.41, 5.74) is 3.66. The number of nitrogens with zero attached hydrogens (tertiary/aromatic N) is 4. The molecule has 4 aromatic heterocycles. The standard InChI is InChI=1S/2C10H8N2.2ClHO4.Cu/c2*1-3-7-11-9(5-1)10-6-2-4-8-12-10;2*2-1(3,4)5;/h2*1-8H;2*(H,2,3,4,5);/q;;;;+2/p-2. The summed E-state index contributed by atoms with van der Waals surface area (Å²) in [7, 11) is -9.89. The average molecular weight is 575 g/mol. The molecule has 189 valence electrons. The summed E-state index contributed by atoms with van der Waals surface area (Å²) in [4.78, 5) is 16.7. The van der Waals surface area contributed by atoms with Gasteiger partial charge in [-0.15, -0.1) is 20.5 Å². The maximum Gasteiger partial charge on any atom is 2.00 e. The van der Waals surface area contributed by atoms with Crippen molar-refractivity contribution in [1.82, 2.24) is 19.9 Å². The molecule has 0 N–H and O–H groups in total. The second-order valence-electron chi connectivity index (χ2n) is 5.62. The SMILES string of the molecule is [Cu+2].[O-][Cl+3]([O-])([O-])[O-].[O-][Cl+3]([O-])([O-])[O-].c1ccc(-c2ccccn2)nc1.c1ccc(-c2ccccn2)nc1. The summed E-state index contributed by atoms with van der Waals surface area (Å²) < 4.78 is 67.9. The van der Waals surface area contributed by atoms with Gasteiger partial charge < -0.3 is 0 Å². The summed E-state index contributed by atoms with van der Waals surface area (Å²) in [5.74, 6) is 0. The van der Waals surface area contributed by atoms with Gasteiger partial charge in [-0.3, -0.25) is 19.9 Å². The third kappa shape index (κ3) is 19.4. The van der Waals surface area contributed by atoms with Crippen LogP contribution in [-0.4, -0.2) is 19.9 Å². The monoisotopic (exact) mass is 573 g/mol. The summed E-state index contributed by atoms with van der Waals surface area (Å²) in [6.45, 7) is 0. The molecule has 4 heterocycles. The fourth-order valence-corrected chi connectivity index (χ4v) is 2.06. The Morgan fingerprint density at radius 2 is 0.543 bits per heavy atom. The van der Waals surface area contributed by atoms with Crippen LogP contribution in [0.3, 0.4) is 0 Å². The van der Waals surface area contributed by atoms with E-state index in [1.54, 1.807) is 24.8 Å². The van der Waals surface area contributed by atoms with E-state index in [-0.39, 0.29) is 17.1 Å². The second-order valence-corrected chi connectivity index (χ2v) is 7.13. The van der Waals surface area contributed by atoms with Crippen LogP contribution in [0, 0.1) is 20.5 Å². The molecule has 0 aliphatic heterocycles. The second kappa shape index (κ2) is 16.9. The van der Waals surface area contributed by atoms with E-state index in [1.807, 2.05) is 72.8 Å². The first kappa shape index (κ1) is 32.4. The molecule has 15 heteroatoms. The largest absolute Gasteiger partial charge is 2.00 e. The van der Waals surface area contributed by atoms with E-state index in [0.717, 1.165) is 22.8 Å². The summed E-state index contributed by atoms with van der Waals surface area (Å²) >= 11 is 0. The Kier molecular flexibility index (Phi) is 15.6. The first-order valence-corrected chi connectivity index (χ1v) is 11.3. The van der Waals surface area contributed by atoms with Crippen LogP contribution in [0.15, 0.2) is 97.6 Å². The fourth-order valence-electron chi connectivity index (χ4n) is 2.06. The number of aromatic nitrogens is 4. The van der Waals surface area contributed by atoms with Gasteiger partial charge >= 0.3 is 17.1 Å². The quantitative estimate of drug-likeness (QED) is 0.204. The Hall–Kier alpha value is -2.62. The molecule has 0 aliphatic rings. The predicted octanol–water partition coefficient (Wildman–Crippen LogP) is -5.23. The van der Waals surface area contributed by atoms with Gasteiger partial charge in [-0.05, 0) is 48.5 Å². The van der Waals surface area contributed by atoms with Gasteiger partial charge in [0, 0.05) is 24.8 Å². The van der Waals surface area contributed by atoms with E-state index in [1.165, 1.54) is 0 Å². The van der Waals surface area contributed by atoms with Crippen LogP contribution in [-0.2, 0) is 17.1 Å². The molecule has 4 aromatic rings. The average Bonchev–Trinajstić information content (AvgIpc) is 2.80. The van der Waals surface area contributed by atoms with Crippen LogP contribution in [0.5, 0.6) is 0 Å². The van der Waals surface area contributed by atoms with Gasteiger partial charge in [0.2, 0.25) is 0 Å². The zero-order chi connectivity index (χ0) is 25.5. The number of rotatable bonds is 2. The Morgan fingerprint density at radius 1 is 0.371 bits per heavy atom. The van der Waals surface area contributed by atoms with E-state index in [0.29, 0.717) is 0 Å². The molecule has 1 radical (unpaired) electrons. The van der Waals surface area contributed by atoms with Crippen molar-refractivity contribution in [2.24, 2.45) is 0 Å². The molecule has 0 amide bonds. The first-order valence-electron chi connectivity index (χ1n) is 8.82. The molecule has 0 spiro atoms. The molecule has 12 nitrogen and oxygen atoms in total. The fraction of sp³-hybridized carbons (Fsp3) is 0. The molecule has 35 heavy (non-hydrogen) atoms. The predicted molar refractivity (Wildman–Crippen MR) is 94.9 cm³/mol. The topological polar surface area (TPSA) is 236 Å². The van der Waals surface area contributed by atoms with E-state index in [2.05, 4.69) is 19.9 Å². The van der Waals surface area contributed by atoms with Gasteiger partial charge in [-0.25, -0.2) is 37.3 Å². The van der Waals surface area contributed by atoms with Crippen molar-refractivity contribution in [2.75, 3.05) is 0 Å². The van der Waals surface area contributed by atoms with Crippen LogP contribution in [0.25, 0.3) is 22.8 Å². The summed E-state index contributed by atoms with van der Waals surface area (Å²) in [5, 5.41) is 0. The van der Waals surface area contributed by atoms with Crippen LogP contribution in [0.2, 0.25) is 0 Å². The number of pyridine rings is 4. The van der Waals surface area contributed by atoms with E-state index in [4.69, 9.17) is 37.3 Å². The van der Waals surface area contributed by atoms with Crippen molar-refractivity contribution >= 4 is 0 Å². The van der Waals surface area contributed by atoms with E-state index >= 15 is 0 Å². The normalized spacial score (nSPS) is 10.1. The van der Waals surface area contributed by atoms with Gasteiger partial charge in [0.15, 0.2) is 0 Å². The van der Waals surface area contributed by atoms with E-state index < -0.39 is 20.5 Å². The van der Waals surface area contributed by atoms with Crippen molar-refractivity contribution in [3.05, 3.63) is 97.6 Å². The molecular weight excluding hydrogens is 559 g/mol. The van der Waals surface area contributed by atoms with Gasteiger partial charge in [-0.2, -0.15) is 0 Å². The zero-order valence-corrected chi connectivity index (χ0v) is 19.8. The van der Waals surface area contributed by atoms with Crippen molar-refractivity contribution in [2.45, 2.75) is 0 Å². The zero-order valence-electron chi connectivity index (χ0n) is 17.3.